The summed E-state index contributed by atoms with van der Waals surface area (Å²) in [7, 11) is -3.22. The van der Waals surface area contributed by atoms with Crippen LogP contribution in [0.3, 0.4) is 0 Å². The molecule has 2 rings (SSSR count). The van der Waals surface area contributed by atoms with E-state index in [9.17, 15) is 8.42 Å². The predicted molar refractivity (Wildman–Crippen MR) is 82.7 cm³/mol. The summed E-state index contributed by atoms with van der Waals surface area (Å²) in [6, 6.07) is 16.1. The summed E-state index contributed by atoms with van der Waals surface area (Å²) in [5.41, 5.74) is 2.30. The average molecular weight is 300 g/mol. The Balaban J connectivity index is 2.24. The molecule has 0 fully saturated rings. The van der Waals surface area contributed by atoms with E-state index >= 15 is 0 Å². The van der Waals surface area contributed by atoms with Crippen LogP contribution in [-0.2, 0) is 9.84 Å². The number of sulfone groups is 1. The lowest BCUT2D eigenvalue weighted by Crippen LogP contribution is -2.07. The lowest BCUT2D eigenvalue weighted by atomic mass is 10.1. The maximum absolute atomic E-state index is 11.6. The number of rotatable bonds is 4. The maximum atomic E-state index is 11.6. The van der Waals surface area contributed by atoms with Crippen LogP contribution in [0.15, 0.2) is 53.4 Å². The lowest BCUT2D eigenvalue weighted by molar-refractivity contribution is 0.602. The molecular weight excluding hydrogens is 284 g/mol. The standard InChI is InChI=1S/C16H16N2O2S/c1-12(14-6-3-5-13(9-14)11-17)18-15-7-4-8-16(10-15)21(2,19)20/h3-10,12,18H,1-2H3. The summed E-state index contributed by atoms with van der Waals surface area (Å²) in [4.78, 5) is 0.283. The number of nitrogens with zero attached hydrogens (tertiary/aromatic N) is 1. The SMILES string of the molecule is CC(Nc1cccc(S(C)(=O)=O)c1)c1cccc(C#N)c1. The second-order valence-electron chi connectivity index (χ2n) is 4.90. The molecule has 1 unspecified atom stereocenters. The zero-order chi connectivity index (χ0) is 15.5. The first-order chi connectivity index (χ1) is 9.90. The van der Waals surface area contributed by atoms with Crippen LogP contribution in [0.25, 0.3) is 0 Å². The van der Waals surface area contributed by atoms with Crippen LogP contribution in [0.1, 0.15) is 24.1 Å². The summed E-state index contributed by atoms with van der Waals surface area (Å²) in [6.07, 6.45) is 1.19. The molecule has 0 aliphatic carbocycles. The molecule has 108 valence electrons. The van der Waals surface area contributed by atoms with Crippen molar-refractivity contribution in [3.8, 4) is 6.07 Å². The second-order valence-corrected chi connectivity index (χ2v) is 6.92. The Morgan fingerprint density at radius 2 is 1.86 bits per heavy atom. The van der Waals surface area contributed by atoms with E-state index in [0.29, 0.717) is 5.56 Å². The third-order valence-electron chi connectivity index (χ3n) is 3.16. The summed E-state index contributed by atoms with van der Waals surface area (Å²) >= 11 is 0. The minimum Gasteiger partial charge on any atom is -0.378 e. The van der Waals surface area contributed by atoms with Crippen LogP contribution >= 0.6 is 0 Å². The van der Waals surface area contributed by atoms with Gasteiger partial charge in [-0.2, -0.15) is 5.26 Å². The molecule has 0 saturated carbocycles. The maximum Gasteiger partial charge on any atom is 0.175 e. The monoisotopic (exact) mass is 300 g/mol. The van der Waals surface area contributed by atoms with Gasteiger partial charge in [0.25, 0.3) is 0 Å². The highest BCUT2D eigenvalue weighted by molar-refractivity contribution is 7.90. The fourth-order valence-electron chi connectivity index (χ4n) is 2.03. The molecule has 0 spiro atoms. The van der Waals surface area contributed by atoms with Gasteiger partial charge in [-0.25, -0.2) is 8.42 Å². The van der Waals surface area contributed by atoms with Gasteiger partial charge in [0.05, 0.1) is 16.5 Å². The van der Waals surface area contributed by atoms with E-state index in [2.05, 4.69) is 11.4 Å². The van der Waals surface area contributed by atoms with Crippen LogP contribution in [0, 0.1) is 11.3 Å². The van der Waals surface area contributed by atoms with Crippen molar-refractivity contribution in [2.24, 2.45) is 0 Å². The zero-order valence-corrected chi connectivity index (χ0v) is 12.7. The van der Waals surface area contributed by atoms with E-state index in [1.807, 2.05) is 31.2 Å². The van der Waals surface area contributed by atoms with Crippen molar-refractivity contribution in [3.63, 3.8) is 0 Å². The molecule has 2 aromatic rings. The normalized spacial score (nSPS) is 12.4. The van der Waals surface area contributed by atoms with Crippen LogP contribution in [0.5, 0.6) is 0 Å². The van der Waals surface area contributed by atoms with Crippen molar-refractivity contribution in [2.45, 2.75) is 17.9 Å². The van der Waals surface area contributed by atoms with Gasteiger partial charge in [-0.15, -0.1) is 0 Å². The molecule has 0 aromatic heterocycles. The molecule has 0 heterocycles. The molecular formula is C16H16N2O2S. The van der Waals surface area contributed by atoms with Gasteiger partial charge in [0.1, 0.15) is 0 Å². The number of benzene rings is 2. The molecule has 0 aliphatic heterocycles. The van der Waals surface area contributed by atoms with Gasteiger partial charge in [0.15, 0.2) is 9.84 Å². The number of hydrogen-bond acceptors (Lipinski definition) is 4. The molecule has 21 heavy (non-hydrogen) atoms. The molecule has 0 aliphatic rings. The van der Waals surface area contributed by atoms with Crippen molar-refractivity contribution in [1.82, 2.24) is 0 Å². The van der Waals surface area contributed by atoms with Crippen LogP contribution in [0.2, 0.25) is 0 Å². The predicted octanol–water partition coefficient (Wildman–Crippen LogP) is 3.13. The molecule has 1 N–H and O–H groups in total. The molecule has 0 radical (unpaired) electrons. The van der Waals surface area contributed by atoms with Crippen LogP contribution in [-0.4, -0.2) is 14.7 Å². The Hall–Kier alpha value is -2.32. The Morgan fingerprint density at radius 3 is 2.52 bits per heavy atom. The van der Waals surface area contributed by atoms with E-state index < -0.39 is 9.84 Å². The molecule has 1 atom stereocenters. The van der Waals surface area contributed by atoms with Gasteiger partial charge in [0.2, 0.25) is 0 Å². The van der Waals surface area contributed by atoms with Gasteiger partial charge >= 0.3 is 0 Å². The quantitative estimate of drug-likeness (QED) is 0.941. The van der Waals surface area contributed by atoms with Crippen molar-refractivity contribution in [3.05, 3.63) is 59.7 Å². The Morgan fingerprint density at radius 1 is 1.14 bits per heavy atom. The van der Waals surface area contributed by atoms with Crippen molar-refractivity contribution in [1.29, 1.82) is 5.26 Å². The highest BCUT2D eigenvalue weighted by Crippen LogP contribution is 2.22. The number of hydrogen-bond donors (Lipinski definition) is 1. The van der Waals surface area contributed by atoms with E-state index in [-0.39, 0.29) is 10.9 Å². The number of nitriles is 1. The first-order valence-corrected chi connectivity index (χ1v) is 8.36. The molecule has 2 aromatic carbocycles. The lowest BCUT2D eigenvalue weighted by Gasteiger charge is -2.16. The first kappa shape index (κ1) is 15.1. The van der Waals surface area contributed by atoms with Gasteiger partial charge in [0, 0.05) is 18.0 Å². The second kappa shape index (κ2) is 5.98. The molecule has 0 bridgehead atoms. The average Bonchev–Trinajstić information content (AvgIpc) is 2.46. The van der Waals surface area contributed by atoms with Gasteiger partial charge < -0.3 is 5.32 Å². The summed E-state index contributed by atoms with van der Waals surface area (Å²) in [6.45, 7) is 1.96. The highest BCUT2D eigenvalue weighted by atomic mass is 32.2. The minimum atomic E-state index is -3.22. The Kier molecular flexibility index (Phi) is 4.29. The topological polar surface area (TPSA) is 70.0 Å². The largest absolute Gasteiger partial charge is 0.378 e. The van der Waals surface area contributed by atoms with Crippen LogP contribution in [0.4, 0.5) is 5.69 Å². The first-order valence-electron chi connectivity index (χ1n) is 6.47. The summed E-state index contributed by atoms with van der Waals surface area (Å²) < 4.78 is 23.1. The van der Waals surface area contributed by atoms with E-state index in [1.54, 1.807) is 24.3 Å². The third kappa shape index (κ3) is 3.83. The molecule has 4 nitrogen and oxygen atoms in total. The highest BCUT2D eigenvalue weighted by Gasteiger charge is 2.10. The molecule has 5 heteroatoms. The van der Waals surface area contributed by atoms with Gasteiger partial charge in [-0.1, -0.05) is 18.2 Å². The van der Waals surface area contributed by atoms with Crippen molar-refractivity contribution in [2.75, 3.05) is 11.6 Å². The van der Waals surface area contributed by atoms with Crippen molar-refractivity contribution >= 4 is 15.5 Å². The molecule has 0 saturated heterocycles. The number of nitrogens with one attached hydrogen (secondary N) is 1. The Labute approximate surface area is 125 Å². The minimum absolute atomic E-state index is 0.0342. The van der Waals surface area contributed by atoms with E-state index in [0.717, 1.165) is 11.3 Å². The zero-order valence-electron chi connectivity index (χ0n) is 11.9. The smallest absolute Gasteiger partial charge is 0.175 e. The Bertz CT molecular complexity index is 792. The van der Waals surface area contributed by atoms with Crippen LogP contribution < -0.4 is 5.32 Å². The summed E-state index contributed by atoms with van der Waals surface area (Å²) in [5, 5.41) is 12.2. The fourth-order valence-corrected chi connectivity index (χ4v) is 2.69. The van der Waals surface area contributed by atoms with Gasteiger partial charge in [-0.3, -0.25) is 0 Å². The summed E-state index contributed by atoms with van der Waals surface area (Å²) in [5.74, 6) is 0. The number of anilines is 1. The van der Waals surface area contributed by atoms with Crippen molar-refractivity contribution < 1.29 is 8.42 Å². The van der Waals surface area contributed by atoms with E-state index in [4.69, 9.17) is 5.26 Å². The molecule has 0 amide bonds. The van der Waals surface area contributed by atoms with Gasteiger partial charge in [-0.05, 0) is 42.8 Å². The third-order valence-corrected chi connectivity index (χ3v) is 4.27. The van der Waals surface area contributed by atoms with E-state index in [1.165, 1.54) is 6.26 Å². The fraction of sp³-hybridized carbons (Fsp3) is 0.188.